The standard InChI is InChI=1S/C9H12N6/c1-15-6-8(10)9(14-15)11-5-7-3-2-4-12-13-7/h2-4,6H,5,10H2,1H3,(H,11,14). The third-order valence-corrected chi connectivity index (χ3v) is 1.92. The van der Waals surface area contributed by atoms with Crippen molar-refractivity contribution in [3.8, 4) is 0 Å². The third kappa shape index (κ3) is 2.22. The van der Waals surface area contributed by atoms with Crippen LogP contribution >= 0.6 is 0 Å². The van der Waals surface area contributed by atoms with Gasteiger partial charge in [-0.15, -0.1) is 0 Å². The molecule has 0 unspecified atom stereocenters. The Balaban J connectivity index is 2.02. The second-order valence-electron chi connectivity index (χ2n) is 3.18. The van der Waals surface area contributed by atoms with Crippen molar-refractivity contribution >= 4 is 11.5 Å². The fourth-order valence-corrected chi connectivity index (χ4v) is 1.25. The Morgan fingerprint density at radius 2 is 2.40 bits per heavy atom. The molecule has 78 valence electrons. The first-order valence-corrected chi connectivity index (χ1v) is 4.55. The van der Waals surface area contributed by atoms with E-state index in [0.717, 1.165) is 5.69 Å². The molecule has 0 aliphatic rings. The van der Waals surface area contributed by atoms with E-state index < -0.39 is 0 Å². The molecule has 0 aliphatic heterocycles. The van der Waals surface area contributed by atoms with Gasteiger partial charge in [0.15, 0.2) is 5.82 Å². The second-order valence-corrected chi connectivity index (χ2v) is 3.18. The minimum absolute atomic E-state index is 0.565. The highest BCUT2D eigenvalue weighted by Crippen LogP contribution is 2.14. The van der Waals surface area contributed by atoms with Crippen LogP contribution in [0.5, 0.6) is 0 Å². The first-order valence-electron chi connectivity index (χ1n) is 4.55. The quantitative estimate of drug-likeness (QED) is 0.756. The Morgan fingerprint density at radius 1 is 1.53 bits per heavy atom. The molecule has 6 heteroatoms. The average molecular weight is 204 g/mol. The molecule has 0 spiro atoms. The van der Waals surface area contributed by atoms with Crippen molar-refractivity contribution < 1.29 is 0 Å². The van der Waals surface area contributed by atoms with Crippen LogP contribution in [0.25, 0.3) is 0 Å². The van der Waals surface area contributed by atoms with Crippen molar-refractivity contribution in [2.45, 2.75) is 6.54 Å². The van der Waals surface area contributed by atoms with E-state index in [4.69, 9.17) is 5.73 Å². The molecule has 0 radical (unpaired) electrons. The summed E-state index contributed by atoms with van der Waals surface area (Å²) in [5.74, 6) is 0.670. The maximum Gasteiger partial charge on any atom is 0.171 e. The lowest BCUT2D eigenvalue weighted by molar-refractivity contribution is 0.767. The monoisotopic (exact) mass is 204 g/mol. The van der Waals surface area contributed by atoms with E-state index in [1.165, 1.54) is 0 Å². The van der Waals surface area contributed by atoms with E-state index in [9.17, 15) is 0 Å². The number of hydrogen-bond donors (Lipinski definition) is 2. The topological polar surface area (TPSA) is 81.6 Å². The molecule has 0 atom stereocenters. The molecular weight excluding hydrogens is 192 g/mol. The van der Waals surface area contributed by atoms with Gasteiger partial charge < -0.3 is 11.1 Å². The molecule has 0 saturated heterocycles. The lowest BCUT2D eigenvalue weighted by Crippen LogP contribution is -2.04. The van der Waals surface area contributed by atoms with Crippen LogP contribution in [0.1, 0.15) is 5.69 Å². The molecule has 2 aromatic heterocycles. The number of aryl methyl sites for hydroxylation is 1. The van der Waals surface area contributed by atoms with Crippen LogP contribution < -0.4 is 11.1 Å². The van der Waals surface area contributed by atoms with Gasteiger partial charge in [0.25, 0.3) is 0 Å². The van der Waals surface area contributed by atoms with Crippen LogP contribution in [0.4, 0.5) is 11.5 Å². The van der Waals surface area contributed by atoms with Crippen molar-refractivity contribution in [3.63, 3.8) is 0 Å². The van der Waals surface area contributed by atoms with E-state index in [1.54, 1.807) is 17.1 Å². The van der Waals surface area contributed by atoms with Gasteiger partial charge in [0.2, 0.25) is 0 Å². The van der Waals surface area contributed by atoms with Crippen LogP contribution in [0.15, 0.2) is 24.5 Å². The smallest absolute Gasteiger partial charge is 0.171 e. The SMILES string of the molecule is Cn1cc(N)c(NCc2cccnn2)n1. The number of nitrogens with two attached hydrogens (primary N) is 1. The first-order chi connectivity index (χ1) is 7.25. The molecule has 0 aromatic carbocycles. The van der Waals surface area contributed by atoms with Crippen molar-refractivity contribution in [1.82, 2.24) is 20.0 Å². The zero-order chi connectivity index (χ0) is 10.7. The molecule has 0 saturated carbocycles. The zero-order valence-corrected chi connectivity index (χ0v) is 8.38. The van der Waals surface area contributed by atoms with E-state index in [-0.39, 0.29) is 0 Å². The molecule has 15 heavy (non-hydrogen) atoms. The lowest BCUT2D eigenvalue weighted by Gasteiger charge is -2.01. The van der Waals surface area contributed by atoms with E-state index in [1.807, 2.05) is 19.2 Å². The summed E-state index contributed by atoms with van der Waals surface area (Å²) >= 11 is 0. The van der Waals surface area contributed by atoms with E-state index in [0.29, 0.717) is 18.1 Å². The minimum atomic E-state index is 0.565. The van der Waals surface area contributed by atoms with Crippen LogP contribution in [-0.4, -0.2) is 20.0 Å². The number of nitrogen functional groups attached to an aromatic ring is 1. The highest BCUT2D eigenvalue weighted by Gasteiger charge is 2.03. The lowest BCUT2D eigenvalue weighted by atomic mass is 10.4. The van der Waals surface area contributed by atoms with Crippen molar-refractivity contribution in [2.75, 3.05) is 11.1 Å². The molecule has 2 aromatic rings. The minimum Gasteiger partial charge on any atom is -0.394 e. The normalized spacial score (nSPS) is 10.2. The number of anilines is 2. The fraction of sp³-hybridized carbons (Fsp3) is 0.222. The largest absolute Gasteiger partial charge is 0.394 e. The highest BCUT2D eigenvalue weighted by atomic mass is 15.3. The van der Waals surface area contributed by atoms with Gasteiger partial charge in [-0.3, -0.25) is 4.68 Å². The second kappa shape index (κ2) is 3.95. The van der Waals surface area contributed by atoms with Gasteiger partial charge in [0.1, 0.15) is 0 Å². The predicted molar refractivity (Wildman–Crippen MR) is 57.0 cm³/mol. The molecule has 0 aliphatic carbocycles. The van der Waals surface area contributed by atoms with Gasteiger partial charge in [-0.2, -0.15) is 15.3 Å². The van der Waals surface area contributed by atoms with Crippen molar-refractivity contribution in [1.29, 1.82) is 0 Å². The van der Waals surface area contributed by atoms with Gasteiger partial charge in [0, 0.05) is 19.4 Å². The van der Waals surface area contributed by atoms with Gasteiger partial charge >= 0.3 is 0 Å². The summed E-state index contributed by atoms with van der Waals surface area (Å²) in [5.41, 5.74) is 7.20. The summed E-state index contributed by atoms with van der Waals surface area (Å²) in [7, 11) is 1.82. The summed E-state index contributed by atoms with van der Waals surface area (Å²) in [5, 5.41) is 15.0. The molecule has 2 heterocycles. The van der Waals surface area contributed by atoms with Crippen molar-refractivity contribution in [3.05, 3.63) is 30.2 Å². The molecular formula is C9H12N6. The summed E-state index contributed by atoms with van der Waals surface area (Å²) in [6.07, 6.45) is 3.39. The molecule has 3 N–H and O–H groups in total. The van der Waals surface area contributed by atoms with Gasteiger partial charge in [0.05, 0.1) is 17.9 Å². The number of rotatable bonds is 3. The first kappa shape index (κ1) is 9.45. The maximum absolute atomic E-state index is 5.72. The Morgan fingerprint density at radius 3 is 3.00 bits per heavy atom. The summed E-state index contributed by atoms with van der Waals surface area (Å²) in [6, 6.07) is 3.73. The molecule has 0 amide bonds. The van der Waals surface area contributed by atoms with Gasteiger partial charge in [-0.1, -0.05) is 0 Å². The molecule has 2 rings (SSSR count). The van der Waals surface area contributed by atoms with Crippen LogP contribution in [0.3, 0.4) is 0 Å². The van der Waals surface area contributed by atoms with Crippen LogP contribution in [-0.2, 0) is 13.6 Å². The fourth-order valence-electron chi connectivity index (χ4n) is 1.25. The van der Waals surface area contributed by atoms with Crippen LogP contribution in [0.2, 0.25) is 0 Å². The number of nitrogens with one attached hydrogen (secondary N) is 1. The average Bonchev–Trinajstić information content (AvgIpc) is 2.56. The Bertz CT molecular complexity index is 435. The highest BCUT2D eigenvalue weighted by molar-refractivity contribution is 5.59. The maximum atomic E-state index is 5.72. The van der Waals surface area contributed by atoms with Gasteiger partial charge in [-0.05, 0) is 12.1 Å². The molecule has 6 nitrogen and oxygen atoms in total. The van der Waals surface area contributed by atoms with E-state index >= 15 is 0 Å². The molecule has 0 bridgehead atoms. The van der Waals surface area contributed by atoms with Crippen molar-refractivity contribution in [2.24, 2.45) is 7.05 Å². The Kier molecular flexibility index (Phi) is 2.49. The number of hydrogen-bond acceptors (Lipinski definition) is 5. The molecule has 0 fully saturated rings. The number of nitrogens with zero attached hydrogens (tertiary/aromatic N) is 4. The Labute approximate surface area is 87.1 Å². The third-order valence-electron chi connectivity index (χ3n) is 1.92. The summed E-state index contributed by atoms with van der Waals surface area (Å²) in [4.78, 5) is 0. The summed E-state index contributed by atoms with van der Waals surface area (Å²) in [6.45, 7) is 0.565. The Hall–Kier alpha value is -2.11. The van der Waals surface area contributed by atoms with E-state index in [2.05, 4.69) is 20.6 Å². The predicted octanol–water partition coefficient (Wildman–Crippen LogP) is 0.404. The zero-order valence-electron chi connectivity index (χ0n) is 8.38. The van der Waals surface area contributed by atoms with Gasteiger partial charge in [-0.25, -0.2) is 0 Å². The number of aromatic nitrogens is 4. The summed E-state index contributed by atoms with van der Waals surface area (Å²) < 4.78 is 1.66. The van der Waals surface area contributed by atoms with Crippen LogP contribution in [0, 0.1) is 0 Å².